The molecule has 0 aliphatic rings. The molecule has 162 valence electrons. The van der Waals surface area contributed by atoms with Gasteiger partial charge in [-0.3, -0.25) is 0 Å². The molecule has 0 heterocycles. The predicted molar refractivity (Wildman–Crippen MR) is 129 cm³/mol. The minimum absolute atomic E-state index is 0.257. The number of nitrogens with one attached hydrogen (secondary N) is 1. The summed E-state index contributed by atoms with van der Waals surface area (Å²) in [5.41, 5.74) is 5.29. The maximum Gasteiger partial charge on any atom is 0.119 e. The first-order chi connectivity index (χ1) is 14.7. The third kappa shape index (κ3) is 8.08. The number of ether oxygens (including phenoxy) is 1. The molecule has 0 spiro atoms. The van der Waals surface area contributed by atoms with Gasteiger partial charge in [0.2, 0.25) is 0 Å². The van der Waals surface area contributed by atoms with Gasteiger partial charge in [0, 0.05) is 18.3 Å². The van der Waals surface area contributed by atoms with Gasteiger partial charge >= 0.3 is 0 Å². The highest BCUT2D eigenvalue weighted by atomic mass is 16.5. The Kier molecular flexibility index (Phi) is 10.8. The lowest BCUT2D eigenvalue weighted by Crippen LogP contribution is -2.18. The van der Waals surface area contributed by atoms with Crippen LogP contribution in [0.25, 0.3) is 5.57 Å². The zero-order valence-electron chi connectivity index (χ0n) is 18.7. The van der Waals surface area contributed by atoms with Crippen LogP contribution in [0.3, 0.4) is 0 Å². The Balaban J connectivity index is 2.00. The van der Waals surface area contributed by atoms with Crippen molar-refractivity contribution < 1.29 is 9.84 Å². The van der Waals surface area contributed by atoms with Crippen LogP contribution in [0, 0.1) is 0 Å². The summed E-state index contributed by atoms with van der Waals surface area (Å²) in [4.78, 5) is 0. The summed E-state index contributed by atoms with van der Waals surface area (Å²) in [7, 11) is 1.68. The lowest BCUT2D eigenvalue weighted by atomic mass is 9.96. The van der Waals surface area contributed by atoms with E-state index in [2.05, 4.69) is 73.8 Å². The smallest absolute Gasteiger partial charge is 0.119 e. The normalized spacial score (nSPS) is 13.2. The molecule has 0 aliphatic carbocycles. The minimum atomic E-state index is 0.257. The van der Waals surface area contributed by atoms with Gasteiger partial charge in [-0.05, 0) is 80.9 Å². The second-order valence-corrected chi connectivity index (χ2v) is 7.68. The highest BCUT2D eigenvalue weighted by Gasteiger charge is 2.08. The fourth-order valence-corrected chi connectivity index (χ4v) is 3.53. The molecule has 0 amide bonds. The molecule has 3 nitrogen and oxygen atoms in total. The molecule has 0 aromatic heterocycles. The van der Waals surface area contributed by atoms with E-state index in [0.29, 0.717) is 6.04 Å². The first kappa shape index (κ1) is 23.8. The summed E-state index contributed by atoms with van der Waals surface area (Å²) < 4.78 is 5.25. The molecular formula is C27H37NO2. The average molecular weight is 408 g/mol. The van der Waals surface area contributed by atoms with E-state index in [-0.39, 0.29) is 6.61 Å². The van der Waals surface area contributed by atoms with Gasteiger partial charge in [0.1, 0.15) is 5.75 Å². The molecule has 1 atom stereocenters. The molecule has 2 aromatic rings. The molecule has 3 heteroatoms. The van der Waals surface area contributed by atoms with Crippen LogP contribution < -0.4 is 10.1 Å². The Morgan fingerprint density at radius 2 is 1.77 bits per heavy atom. The van der Waals surface area contributed by atoms with Gasteiger partial charge in [-0.2, -0.15) is 0 Å². The zero-order chi connectivity index (χ0) is 21.6. The first-order valence-corrected chi connectivity index (χ1v) is 11.1. The Morgan fingerprint density at radius 3 is 2.40 bits per heavy atom. The van der Waals surface area contributed by atoms with E-state index in [9.17, 15) is 0 Å². The summed E-state index contributed by atoms with van der Waals surface area (Å²) >= 11 is 0. The van der Waals surface area contributed by atoms with Crippen molar-refractivity contribution >= 4 is 11.3 Å². The number of methoxy groups -OCH3 is 1. The van der Waals surface area contributed by atoms with Crippen molar-refractivity contribution in [2.75, 3.05) is 19.0 Å². The summed E-state index contributed by atoms with van der Waals surface area (Å²) in [6.07, 6.45) is 10.5. The molecule has 0 radical (unpaired) electrons. The van der Waals surface area contributed by atoms with Crippen molar-refractivity contribution in [1.29, 1.82) is 0 Å². The maximum atomic E-state index is 9.13. The predicted octanol–water partition coefficient (Wildman–Crippen LogP) is 6.86. The van der Waals surface area contributed by atoms with E-state index in [0.717, 1.165) is 50.0 Å². The molecule has 0 saturated heterocycles. The van der Waals surface area contributed by atoms with E-state index in [1.807, 2.05) is 12.1 Å². The summed E-state index contributed by atoms with van der Waals surface area (Å²) in [5, 5.41) is 12.8. The number of aliphatic hydroxyl groups excluding tert-OH is 1. The van der Waals surface area contributed by atoms with Gasteiger partial charge in [-0.15, -0.1) is 0 Å². The van der Waals surface area contributed by atoms with Crippen LogP contribution in [0.1, 0.15) is 57.9 Å². The lowest BCUT2D eigenvalue weighted by molar-refractivity contribution is 0.282. The lowest BCUT2D eigenvalue weighted by Gasteiger charge is -2.19. The fourth-order valence-electron chi connectivity index (χ4n) is 3.53. The molecule has 1 unspecified atom stereocenters. The van der Waals surface area contributed by atoms with Crippen LogP contribution in [-0.4, -0.2) is 24.9 Å². The van der Waals surface area contributed by atoms with Crippen molar-refractivity contribution in [1.82, 2.24) is 0 Å². The monoisotopic (exact) mass is 407 g/mol. The van der Waals surface area contributed by atoms with Crippen molar-refractivity contribution in [3.63, 3.8) is 0 Å². The SMILES string of the molecule is CC/C(C)=C(/C/C=C/CC(CCCCO)Nc1ccc(OC)cc1)c1ccccc1. The van der Waals surface area contributed by atoms with Gasteiger partial charge in [-0.25, -0.2) is 0 Å². The van der Waals surface area contributed by atoms with E-state index in [4.69, 9.17) is 9.84 Å². The Hall–Kier alpha value is -2.52. The standard InChI is InChI=1S/C27H37NO2/c1-4-22(2)27(23-12-6-5-7-13-23)16-9-8-14-24(15-10-11-21-29)28-25-17-19-26(30-3)20-18-25/h5-9,12-13,17-20,24,28-29H,4,10-11,14-16,21H2,1-3H3/b9-8+,27-22-. The van der Waals surface area contributed by atoms with Crippen molar-refractivity contribution in [2.45, 2.75) is 58.4 Å². The Labute approximate surface area is 182 Å². The molecule has 0 aliphatic heterocycles. The van der Waals surface area contributed by atoms with Crippen LogP contribution in [0.5, 0.6) is 5.75 Å². The summed E-state index contributed by atoms with van der Waals surface area (Å²) in [6.45, 7) is 4.71. The highest BCUT2D eigenvalue weighted by molar-refractivity contribution is 5.69. The molecule has 0 fully saturated rings. The van der Waals surface area contributed by atoms with Crippen molar-refractivity contribution in [3.05, 3.63) is 77.9 Å². The molecule has 0 bridgehead atoms. The average Bonchev–Trinajstić information content (AvgIpc) is 2.79. The van der Waals surface area contributed by atoms with Gasteiger partial charge in [0.15, 0.2) is 0 Å². The number of hydrogen-bond acceptors (Lipinski definition) is 3. The number of unbranched alkanes of at least 4 members (excludes halogenated alkanes) is 1. The molecule has 2 N–H and O–H groups in total. The number of benzene rings is 2. The molecular weight excluding hydrogens is 370 g/mol. The second kappa shape index (κ2) is 13.7. The summed E-state index contributed by atoms with van der Waals surface area (Å²) in [6, 6.07) is 19.1. The largest absolute Gasteiger partial charge is 0.497 e. The highest BCUT2D eigenvalue weighted by Crippen LogP contribution is 2.25. The zero-order valence-corrected chi connectivity index (χ0v) is 18.7. The van der Waals surface area contributed by atoms with Crippen molar-refractivity contribution in [2.24, 2.45) is 0 Å². The van der Waals surface area contributed by atoms with Crippen molar-refractivity contribution in [3.8, 4) is 5.75 Å². The number of anilines is 1. The number of rotatable bonds is 13. The third-order valence-corrected chi connectivity index (χ3v) is 5.50. The minimum Gasteiger partial charge on any atom is -0.497 e. The fraction of sp³-hybridized carbons (Fsp3) is 0.407. The number of allylic oxidation sites excluding steroid dienone is 3. The maximum absolute atomic E-state index is 9.13. The summed E-state index contributed by atoms with van der Waals surface area (Å²) in [5.74, 6) is 0.865. The van der Waals surface area contributed by atoms with E-state index in [1.165, 1.54) is 16.7 Å². The first-order valence-electron chi connectivity index (χ1n) is 11.1. The van der Waals surface area contributed by atoms with Gasteiger partial charge < -0.3 is 15.2 Å². The van der Waals surface area contributed by atoms with E-state index >= 15 is 0 Å². The van der Waals surface area contributed by atoms with Crippen LogP contribution >= 0.6 is 0 Å². The number of aliphatic hydroxyl groups is 1. The van der Waals surface area contributed by atoms with Gasteiger partial charge in [-0.1, -0.05) is 55.0 Å². The molecule has 2 rings (SSSR count). The van der Waals surface area contributed by atoms with Crippen LogP contribution in [0.4, 0.5) is 5.69 Å². The number of hydrogen-bond donors (Lipinski definition) is 2. The molecule has 0 saturated carbocycles. The van der Waals surface area contributed by atoms with Gasteiger partial charge in [0.25, 0.3) is 0 Å². The Bertz CT molecular complexity index is 778. The quantitative estimate of drug-likeness (QED) is 0.281. The van der Waals surface area contributed by atoms with Gasteiger partial charge in [0.05, 0.1) is 7.11 Å². The molecule has 2 aromatic carbocycles. The van der Waals surface area contributed by atoms with Crippen LogP contribution in [0.2, 0.25) is 0 Å². The topological polar surface area (TPSA) is 41.5 Å². The van der Waals surface area contributed by atoms with Crippen LogP contribution in [-0.2, 0) is 0 Å². The van der Waals surface area contributed by atoms with Crippen LogP contribution in [0.15, 0.2) is 72.3 Å². The van der Waals surface area contributed by atoms with E-state index in [1.54, 1.807) is 7.11 Å². The molecule has 30 heavy (non-hydrogen) atoms. The Morgan fingerprint density at radius 1 is 1.03 bits per heavy atom. The third-order valence-electron chi connectivity index (χ3n) is 5.50. The second-order valence-electron chi connectivity index (χ2n) is 7.68. The van der Waals surface area contributed by atoms with E-state index < -0.39 is 0 Å².